The summed E-state index contributed by atoms with van der Waals surface area (Å²) in [5.41, 5.74) is 1.51. The Kier molecular flexibility index (Phi) is 5.88. The van der Waals surface area contributed by atoms with Crippen LogP contribution in [-0.2, 0) is 12.7 Å². The van der Waals surface area contributed by atoms with E-state index < -0.39 is 17.7 Å². The molecule has 2 aromatic carbocycles. The van der Waals surface area contributed by atoms with E-state index in [-0.39, 0.29) is 40.9 Å². The number of carboxylic acid groups (broad SMARTS) is 1. The van der Waals surface area contributed by atoms with Gasteiger partial charge in [0.2, 0.25) is 0 Å². The number of carbonyl (C=O) groups is 1. The molecular formula is C29H27F3N4O4. The summed E-state index contributed by atoms with van der Waals surface area (Å²) in [6, 6.07) is 11.2. The molecule has 3 fully saturated rings. The van der Waals surface area contributed by atoms with Gasteiger partial charge in [-0.2, -0.15) is 18.2 Å². The van der Waals surface area contributed by atoms with E-state index in [9.17, 15) is 23.1 Å². The lowest BCUT2D eigenvalue weighted by atomic mass is 9.96. The van der Waals surface area contributed by atoms with Gasteiger partial charge in [-0.3, -0.25) is 0 Å². The number of benzene rings is 2. The first kappa shape index (κ1) is 25.1. The zero-order valence-corrected chi connectivity index (χ0v) is 21.4. The Hall–Kier alpha value is -3.86. The number of hydrogen-bond donors (Lipinski definition) is 2. The van der Waals surface area contributed by atoms with Crippen LogP contribution in [0.1, 0.15) is 71.7 Å². The SMILES string of the molecule is O=C(O)c1ccc2nc(N3C4CCC3CC(NCc3c(-c5ccccc5C(F)(F)F)noc3C3CC3)C4)oc2c1. The predicted octanol–water partition coefficient (Wildman–Crippen LogP) is 6.37. The van der Waals surface area contributed by atoms with Gasteiger partial charge in [-0.05, 0) is 62.8 Å². The maximum Gasteiger partial charge on any atom is 0.417 e. The largest absolute Gasteiger partial charge is 0.478 e. The number of alkyl halides is 3. The van der Waals surface area contributed by atoms with Crippen LogP contribution in [0.25, 0.3) is 22.4 Å². The van der Waals surface area contributed by atoms with Crippen molar-refractivity contribution < 1.29 is 32.0 Å². The van der Waals surface area contributed by atoms with E-state index in [2.05, 4.69) is 20.4 Å². The van der Waals surface area contributed by atoms with Gasteiger partial charge in [0.05, 0.1) is 11.1 Å². The maximum absolute atomic E-state index is 13.8. The summed E-state index contributed by atoms with van der Waals surface area (Å²) in [4.78, 5) is 18.2. The van der Waals surface area contributed by atoms with E-state index in [0.717, 1.165) is 44.6 Å². The number of piperidine rings is 1. The van der Waals surface area contributed by atoms with Crippen LogP contribution in [0, 0.1) is 0 Å². The van der Waals surface area contributed by atoms with Gasteiger partial charge in [0.15, 0.2) is 5.58 Å². The molecule has 1 aliphatic carbocycles. The molecule has 2 unspecified atom stereocenters. The van der Waals surface area contributed by atoms with E-state index in [0.29, 0.717) is 35.0 Å². The highest BCUT2D eigenvalue weighted by Crippen LogP contribution is 2.46. The number of aromatic carboxylic acids is 1. The molecule has 0 spiro atoms. The lowest BCUT2D eigenvalue weighted by Crippen LogP contribution is -2.49. The Morgan fingerprint density at radius 2 is 1.82 bits per heavy atom. The molecule has 2 bridgehead atoms. The number of hydrogen-bond acceptors (Lipinski definition) is 7. The number of carboxylic acids is 1. The molecule has 0 radical (unpaired) electrons. The first-order valence-electron chi connectivity index (χ1n) is 13.6. The zero-order valence-electron chi connectivity index (χ0n) is 21.4. The number of oxazole rings is 1. The number of anilines is 1. The molecule has 4 heterocycles. The fourth-order valence-electron chi connectivity index (χ4n) is 6.37. The molecule has 2 aromatic heterocycles. The number of aromatic nitrogens is 2. The van der Waals surface area contributed by atoms with Crippen molar-refractivity contribution in [2.45, 2.75) is 75.3 Å². The minimum Gasteiger partial charge on any atom is -0.478 e. The van der Waals surface area contributed by atoms with Crippen LogP contribution in [0.4, 0.5) is 19.2 Å². The lowest BCUT2D eigenvalue weighted by Gasteiger charge is -2.38. The summed E-state index contributed by atoms with van der Waals surface area (Å²) in [7, 11) is 0. The maximum atomic E-state index is 13.8. The number of nitrogens with zero attached hydrogens (tertiary/aromatic N) is 3. The predicted molar refractivity (Wildman–Crippen MR) is 139 cm³/mol. The highest BCUT2D eigenvalue weighted by atomic mass is 19.4. The van der Waals surface area contributed by atoms with Crippen molar-refractivity contribution in [2.75, 3.05) is 4.90 Å². The van der Waals surface area contributed by atoms with E-state index >= 15 is 0 Å². The standard InChI is InChI=1S/C29H27F3N4O4/c30-29(31,32)22-4-2-1-3-20(22)25-21(26(40-35-25)15-5-6-15)14-33-17-12-18-8-9-19(13-17)36(18)28-34-23-10-7-16(27(37)38)11-24(23)39-28/h1-4,7,10-11,15,17-19,33H,5-6,8-9,12-14H2,(H,37,38). The van der Waals surface area contributed by atoms with Gasteiger partial charge >= 0.3 is 12.1 Å². The second kappa shape index (κ2) is 9.36. The molecule has 2 N–H and O–H groups in total. The first-order chi connectivity index (χ1) is 19.3. The van der Waals surface area contributed by atoms with E-state index in [1.165, 1.54) is 24.3 Å². The van der Waals surface area contributed by atoms with Crippen LogP contribution in [0.2, 0.25) is 0 Å². The molecular weight excluding hydrogens is 525 g/mol. The van der Waals surface area contributed by atoms with Crippen molar-refractivity contribution >= 4 is 23.1 Å². The number of nitrogens with one attached hydrogen (secondary N) is 1. The molecule has 40 heavy (non-hydrogen) atoms. The third-order valence-corrected chi connectivity index (χ3v) is 8.40. The molecule has 2 saturated heterocycles. The van der Waals surface area contributed by atoms with Crippen molar-refractivity contribution in [3.8, 4) is 11.3 Å². The van der Waals surface area contributed by atoms with Gasteiger partial charge in [0, 0.05) is 41.7 Å². The molecule has 7 rings (SSSR count). The van der Waals surface area contributed by atoms with Crippen molar-refractivity contribution in [2.24, 2.45) is 0 Å². The van der Waals surface area contributed by atoms with Crippen molar-refractivity contribution in [3.05, 3.63) is 64.9 Å². The van der Waals surface area contributed by atoms with E-state index in [4.69, 9.17) is 8.94 Å². The number of halogens is 3. The minimum absolute atomic E-state index is 0.0411. The average molecular weight is 553 g/mol. The smallest absolute Gasteiger partial charge is 0.417 e. The molecule has 2 atom stereocenters. The monoisotopic (exact) mass is 552 g/mol. The Bertz CT molecular complexity index is 1580. The lowest BCUT2D eigenvalue weighted by molar-refractivity contribution is -0.137. The van der Waals surface area contributed by atoms with Crippen LogP contribution in [0.15, 0.2) is 51.4 Å². The quantitative estimate of drug-likeness (QED) is 0.273. The third-order valence-electron chi connectivity index (χ3n) is 8.40. The molecule has 208 valence electrons. The Balaban J connectivity index is 1.10. The Morgan fingerprint density at radius 3 is 2.52 bits per heavy atom. The van der Waals surface area contributed by atoms with Crippen LogP contribution in [0.5, 0.6) is 0 Å². The molecule has 11 heteroatoms. The van der Waals surface area contributed by atoms with Gasteiger partial charge in [0.25, 0.3) is 6.01 Å². The fourth-order valence-corrected chi connectivity index (χ4v) is 6.37. The summed E-state index contributed by atoms with van der Waals surface area (Å²) >= 11 is 0. The van der Waals surface area contributed by atoms with Gasteiger partial charge in [-0.15, -0.1) is 0 Å². The number of rotatable bonds is 7. The van der Waals surface area contributed by atoms with Crippen LogP contribution >= 0.6 is 0 Å². The van der Waals surface area contributed by atoms with Gasteiger partial charge in [-0.1, -0.05) is 23.4 Å². The fraction of sp³-hybridized carbons (Fsp3) is 0.414. The Labute approximate surface area is 227 Å². The molecule has 2 aliphatic heterocycles. The molecule has 3 aliphatic rings. The topological polar surface area (TPSA) is 105 Å². The molecule has 0 amide bonds. The molecule has 1 saturated carbocycles. The normalized spacial score (nSPS) is 22.8. The van der Waals surface area contributed by atoms with Crippen molar-refractivity contribution in [1.82, 2.24) is 15.5 Å². The van der Waals surface area contributed by atoms with Crippen molar-refractivity contribution in [3.63, 3.8) is 0 Å². The molecule has 8 nitrogen and oxygen atoms in total. The summed E-state index contributed by atoms with van der Waals surface area (Å²) in [5.74, 6) is -0.128. The molecule has 4 aromatic rings. The van der Waals surface area contributed by atoms with Crippen LogP contribution in [-0.4, -0.2) is 39.3 Å². The van der Waals surface area contributed by atoms with Gasteiger partial charge in [0.1, 0.15) is 17.0 Å². The highest BCUT2D eigenvalue weighted by Gasteiger charge is 2.43. The average Bonchev–Trinajstić information content (AvgIpc) is 3.44. The highest BCUT2D eigenvalue weighted by molar-refractivity contribution is 5.92. The van der Waals surface area contributed by atoms with Gasteiger partial charge < -0.3 is 24.3 Å². The summed E-state index contributed by atoms with van der Waals surface area (Å²) < 4.78 is 53.0. The Morgan fingerprint density at radius 1 is 1.07 bits per heavy atom. The van der Waals surface area contributed by atoms with Gasteiger partial charge in [-0.25, -0.2) is 4.79 Å². The summed E-state index contributed by atoms with van der Waals surface area (Å²) in [6.45, 7) is 0.377. The first-order valence-corrected chi connectivity index (χ1v) is 13.6. The summed E-state index contributed by atoms with van der Waals surface area (Å²) in [5, 5.41) is 17.0. The minimum atomic E-state index is -4.49. The van der Waals surface area contributed by atoms with Crippen molar-refractivity contribution in [1.29, 1.82) is 0 Å². The third kappa shape index (κ3) is 4.42. The zero-order chi connectivity index (χ0) is 27.6. The van der Waals surface area contributed by atoms with E-state index in [1.54, 1.807) is 12.1 Å². The summed E-state index contributed by atoms with van der Waals surface area (Å²) in [6.07, 6.45) is 1.01. The number of fused-ring (bicyclic) bond motifs is 3. The second-order valence-electron chi connectivity index (χ2n) is 11.0. The van der Waals surface area contributed by atoms with Crippen LogP contribution < -0.4 is 10.2 Å². The van der Waals surface area contributed by atoms with Crippen LogP contribution in [0.3, 0.4) is 0 Å². The van der Waals surface area contributed by atoms with E-state index in [1.807, 2.05) is 0 Å². The second-order valence-corrected chi connectivity index (χ2v) is 11.0.